The summed E-state index contributed by atoms with van der Waals surface area (Å²) >= 11 is 0. The average molecular weight is 383 g/mol. The molecule has 1 heteroatoms. The van der Waals surface area contributed by atoms with Crippen LogP contribution in [-0.4, -0.2) is 6.29 Å². The van der Waals surface area contributed by atoms with E-state index in [2.05, 4.69) is 38.1 Å². The Labute approximate surface area is 173 Å². The standard InChI is InChI=1S/C27H42O/c1-3-5-18-27(21-28)19-16-26(17-20-27)25-14-12-24(13-15-25)11-10-23-8-6-22(4-2)7-9-23/h12-15,21-23,26H,3-11,16-20H2,1-2H3/t22-,23-,26?,27?. The fourth-order valence-electron chi connectivity index (χ4n) is 5.74. The quantitative estimate of drug-likeness (QED) is 0.397. The fourth-order valence-corrected chi connectivity index (χ4v) is 5.74. The number of rotatable bonds is 9. The Morgan fingerprint density at radius 3 is 2.14 bits per heavy atom. The van der Waals surface area contributed by atoms with Gasteiger partial charge in [-0.2, -0.15) is 0 Å². The van der Waals surface area contributed by atoms with E-state index >= 15 is 0 Å². The number of benzene rings is 1. The Bertz CT molecular complexity index is 571. The van der Waals surface area contributed by atoms with Gasteiger partial charge in [0.15, 0.2) is 0 Å². The van der Waals surface area contributed by atoms with E-state index in [-0.39, 0.29) is 5.41 Å². The van der Waals surface area contributed by atoms with Crippen LogP contribution in [0, 0.1) is 17.3 Å². The van der Waals surface area contributed by atoms with Crippen molar-refractivity contribution in [3.8, 4) is 0 Å². The van der Waals surface area contributed by atoms with E-state index in [1.165, 1.54) is 88.0 Å². The molecule has 2 aliphatic carbocycles. The largest absolute Gasteiger partial charge is 0.303 e. The van der Waals surface area contributed by atoms with Gasteiger partial charge in [-0.25, -0.2) is 0 Å². The van der Waals surface area contributed by atoms with Crippen LogP contribution in [0.1, 0.15) is 114 Å². The highest BCUT2D eigenvalue weighted by Gasteiger charge is 2.34. The lowest BCUT2D eigenvalue weighted by molar-refractivity contribution is -0.118. The van der Waals surface area contributed by atoms with Crippen LogP contribution in [0.2, 0.25) is 0 Å². The molecule has 2 fully saturated rings. The summed E-state index contributed by atoms with van der Waals surface area (Å²) in [6, 6.07) is 9.53. The molecule has 3 rings (SSSR count). The van der Waals surface area contributed by atoms with Gasteiger partial charge in [0.2, 0.25) is 0 Å². The number of aldehydes is 1. The van der Waals surface area contributed by atoms with E-state index in [1.54, 1.807) is 0 Å². The predicted molar refractivity (Wildman–Crippen MR) is 120 cm³/mol. The molecule has 0 aliphatic heterocycles. The van der Waals surface area contributed by atoms with Crippen molar-refractivity contribution in [1.29, 1.82) is 0 Å². The second kappa shape index (κ2) is 10.6. The maximum Gasteiger partial charge on any atom is 0.126 e. The fraction of sp³-hybridized carbons (Fsp3) is 0.741. The molecule has 1 aromatic rings. The summed E-state index contributed by atoms with van der Waals surface area (Å²) in [6.45, 7) is 4.57. The molecule has 0 atom stereocenters. The summed E-state index contributed by atoms with van der Waals surface area (Å²) < 4.78 is 0. The number of hydrogen-bond acceptors (Lipinski definition) is 1. The van der Waals surface area contributed by atoms with Crippen molar-refractivity contribution >= 4 is 6.29 Å². The SMILES string of the molecule is CCCCC1(C=O)CCC(c2ccc(CC[C@H]3CC[C@H](CC)CC3)cc2)CC1. The second-order valence-electron chi connectivity index (χ2n) is 9.93. The van der Waals surface area contributed by atoms with Crippen molar-refractivity contribution in [2.45, 2.75) is 110 Å². The maximum absolute atomic E-state index is 11.7. The van der Waals surface area contributed by atoms with E-state index in [1.807, 2.05) is 0 Å². The van der Waals surface area contributed by atoms with Crippen molar-refractivity contribution in [2.24, 2.45) is 17.3 Å². The zero-order chi connectivity index (χ0) is 19.8. The zero-order valence-corrected chi connectivity index (χ0v) is 18.4. The maximum atomic E-state index is 11.7. The third-order valence-corrected chi connectivity index (χ3v) is 8.10. The lowest BCUT2D eigenvalue weighted by Crippen LogP contribution is -2.28. The van der Waals surface area contributed by atoms with Crippen LogP contribution in [0.15, 0.2) is 24.3 Å². The molecular formula is C27H42O. The first-order valence-corrected chi connectivity index (χ1v) is 12.2. The molecule has 2 aliphatic rings. The average Bonchev–Trinajstić information content (AvgIpc) is 2.77. The highest BCUT2D eigenvalue weighted by atomic mass is 16.1. The van der Waals surface area contributed by atoms with Gasteiger partial charge in [-0.05, 0) is 73.8 Å². The van der Waals surface area contributed by atoms with Crippen LogP contribution < -0.4 is 0 Å². The molecule has 0 unspecified atom stereocenters. The van der Waals surface area contributed by atoms with Crippen molar-refractivity contribution in [1.82, 2.24) is 0 Å². The number of unbranched alkanes of at least 4 members (excludes halogenated alkanes) is 1. The molecule has 0 aromatic heterocycles. The Kier molecular flexibility index (Phi) is 8.18. The third kappa shape index (κ3) is 5.71. The highest BCUT2D eigenvalue weighted by Crippen LogP contribution is 2.44. The topological polar surface area (TPSA) is 17.1 Å². The molecular weight excluding hydrogens is 340 g/mol. The van der Waals surface area contributed by atoms with Gasteiger partial charge in [-0.15, -0.1) is 0 Å². The zero-order valence-electron chi connectivity index (χ0n) is 18.4. The van der Waals surface area contributed by atoms with Gasteiger partial charge in [0, 0.05) is 5.41 Å². The molecule has 0 radical (unpaired) electrons. The molecule has 0 saturated heterocycles. The molecule has 2 saturated carbocycles. The summed E-state index contributed by atoms with van der Waals surface area (Å²) in [6.07, 6.45) is 19.1. The Morgan fingerprint density at radius 1 is 0.929 bits per heavy atom. The van der Waals surface area contributed by atoms with E-state index < -0.39 is 0 Å². The van der Waals surface area contributed by atoms with Crippen molar-refractivity contribution < 1.29 is 4.79 Å². The van der Waals surface area contributed by atoms with Gasteiger partial charge in [0.1, 0.15) is 6.29 Å². The predicted octanol–water partition coefficient (Wildman–Crippen LogP) is 7.87. The number of aryl methyl sites for hydroxylation is 1. The number of carbonyl (C=O) groups is 1. The van der Waals surface area contributed by atoms with Crippen LogP contribution in [0.5, 0.6) is 0 Å². The van der Waals surface area contributed by atoms with Gasteiger partial charge in [0.05, 0.1) is 0 Å². The van der Waals surface area contributed by atoms with Crippen molar-refractivity contribution in [3.63, 3.8) is 0 Å². The minimum Gasteiger partial charge on any atom is -0.303 e. The van der Waals surface area contributed by atoms with E-state index in [0.717, 1.165) is 31.1 Å². The normalized spacial score (nSPS) is 30.9. The monoisotopic (exact) mass is 382 g/mol. The first kappa shape index (κ1) is 21.6. The van der Waals surface area contributed by atoms with E-state index in [9.17, 15) is 4.79 Å². The summed E-state index contributed by atoms with van der Waals surface area (Å²) in [5.74, 6) is 2.62. The van der Waals surface area contributed by atoms with Crippen LogP contribution in [0.3, 0.4) is 0 Å². The molecule has 0 bridgehead atoms. The lowest BCUT2D eigenvalue weighted by Gasteiger charge is -2.36. The van der Waals surface area contributed by atoms with E-state index in [4.69, 9.17) is 0 Å². The third-order valence-electron chi connectivity index (χ3n) is 8.10. The van der Waals surface area contributed by atoms with Crippen LogP contribution in [0.4, 0.5) is 0 Å². The molecule has 1 aromatic carbocycles. The summed E-state index contributed by atoms with van der Waals surface area (Å²) in [7, 11) is 0. The Balaban J connectivity index is 1.45. The molecule has 1 nitrogen and oxygen atoms in total. The van der Waals surface area contributed by atoms with Crippen LogP contribution >= 0.6 is 0 Å². The van der Waals surface area contributed by atoms with Gasteiger partial charge in [-0.1, -0.05) is 83.1 Å². The number of hydrogen-bond donors (Lipinski definition) is 0. The smallest absolute Gasteiger partial charge is 0.126 e. The molecule has 0 amide bonds. The van der Waals surface area contributed by atoms with Crippen molar-refractivity contribution in [3.05, 3.63) is 35.4 Å². The number of carbonyl (C=O) groups excluding carboxylic acids is 1. The van der Waals surface area contributed by atoms with Gasteiger partial charge in [-0.3, -0.25) is 0 Å². The minimum absolute atomic E-state index is 0.0107. The molecule has 0 N–H and O–H groups in total. The van der Waals surface area contributed by atoms with Crippen molar-refractivity contribution in [2.75, 3.05) is 0 Å². The minimum atomic E-state index is -0.0107. The highest BCUT2D eigenvalue weighted by molar-refractivity contribution is 5.59. The van der Waals surface area contributed by atoms with Crippen LogP contribution in [0.25, 0.3) is 0 Å². The first-order valence-electron chi connectivity index (χ1n) is 12.2. The Morgan fingerprint density at radius 2 is 1.57 bits per heavy atom. The molecule has 156 valence electrons. The summed E-state index contributed by atoms with van der Waals surface area (Å²) in [4.78, 5) is 11.7. The van der Waals surface area contributed by atoms with E-state index in [0.29, 0.717) is 5.92 Å². The molecule has 0 heterocycles. The van der Waals surface area contributed by atoms with Gasteiger partial charge < -0.3 is 4.79 Å². The second-order valence-corrected chi connectivity index (χ2v) is 9.93. The summed E-state index contributed by atoms with van der Waals surface area (Å²) in [5, 5.41) is 0. The van der Waals surface area contributed by atoms with Gasteiger partial charge >= 0.3 is 0 Å². The molecule has 28 heavy (non-hydrogen) atoms. The van der Waals surface area contributed by atoms with Gasteiger partial charge in [0.25, 0.3) is 0 Å². The summed E-state index contributed by atoms with van der Waals surface area (Å²) in [5.41, 5.74) is 3.01. The van der Waals surface area contributed by atoms with Crippen LogP contribution in [-0.2, 0) is 11.2 Å². The molecule has 0 spiro atoms. The first-order chi connectivity index (χ1) is 13.7. The lowest BCUT2D eigenvalue weighted by atomic mass is 9.67. The Hall–Kier alpha value is -1.11.